The lowest BCUT2D eigenvalue weighted by Crippen LogP contribution is -2.39. The van der Waals surface area contributed by atoms with E-state index in [9.17, 15) is 0 Å². The van der Waals surface area contributed by atoms with Crippen LogP contribution in [0.3, 0.4) is 0 Å². The minimum absolute atomic E-state index is 0. The third kappa shape index (κ3) is 0.856. The number of hydrogen-bond acceptors (Lipinski definition) is 3. The minimum atomic E-state index is 0. The molecule has 0 saturated heterocycles. The lowest BCUT2D eigenvalue weighted by atomic mass is 9.92. The van der Waals surface area contributed by atoms with E-state index in [1.807, 2.05) is 0 Å². The summed E-state index contributed by atoms with van der Waals surface area (Å²) in [5.74, 6) is 0.650. The molecular weight excluding hydrogens is 126 g/mol. The second-order valence-corrected chi connectivity index (χ2v) is 3.12. The van der Waals surface area contributed by atoms with E-state index in [0.29, 0.717) is 18.0 Å². The number of fused-ring (bicyclic) bond motifs is 1. The topological polar surface area (TPSA) is 50.4 Å². The van der Waals surface area contributed by atoms with Gasteiger partial charge in [0.1, 0.15) is 0 Å². The Labute approximate surface area is 62.2 Å². The van der Waals surface area contributed by atoms with Gasteiger partial charge in [0.05, 0.1) is 12.1 Å². The van der Waals surface area contributed by atoms with Crippen molar-refractivity contribution in [1.29, 1.82) is 0 Å². The summed E-state index contributed by atoms with van der Waals surface area (Å²) in [6, 6.07) is 1.06. The van der Waals surface area contributed by atoms with Crippen molar-refractivity contribution in [2.75, 3.05) is 0 Å². The molecule has 0 amide bonds. The van der Waals surface area contributed by atoms with Crippen molar-refractivity contribution in [3.63, 3.8) is 0 Å². The summed E-state index contributed by atoms with van der Waals surface area (Å²) in [6.07, 6.45) is 5.11. The van der Waals surface area contributed by atoms with Crippen LogP contribution in [0.2, 0.25) is 0 Å². The molecule has 3 heteroatoms. The zero-order valence-corrected chi connectivity index (χ0v) is 6.01. The quantitative estimate of drug-likeness (QED) is 0.515. The molecule has 1 aliphatic heterocycles. The number of nitrogens with zero attached hydrogens (tertiary/aromatic N) is 1. The van der Waals surface area contributed by atoms with Crippen LogP contribution < -0.4 is 11.1 Å². The summed E-state index contributed by atoms with van der Waals surface area (Å²) in [6.45, 7) is 0. The Morgan fingerprint density at radius 3 is 3.10 bits per heavy atom. The molecule has 2 atom stereocenters. The Kier molecular flexibility index (Phi) is 1.29. The SMILES string of the molecule is NC1=NC2CCCCC2N1.[HH]. The first kappa shape index (κ1) is 6.01. The minimum Gasteiger partial charge on any atom is -0.370 e. The van der Waals surface area contributed by atoms with E-state index in [1.54, 1.807) is 0 Å². The van der Waals surface area contributed by atoms with Crippen LogP contribution in [0.4, 0.5) is 0 Å². The molecule has 0 bridgehead atoms. The maximum Gasteiger partial charge on any atom is 0.189 e. The standard InChI is InChI=1S/C7H13N3.H2/c8-7-9-5-3-1-2-4-6(5)10-7;/h5-6H,1-4H2,(H3,8,9,10);1H. The molecular formula is C7H15N3. The van der Waals surface area contributed by atoms with Gasteiger partial charge in [0, 0.05) is 1.43 Å². The molecule has 58 valence electrons. The van der Waals surface area contributed by atoms with Crippen LogP contribution in [0, 0.1) is 0 Å². The Morgan fingerprint density at radius 1 is 1.50 bits per heavy atom. The van der Waals surface area contributed by atoms with E-state index in [4.69, 9.17) is 5.73 Å². The Bertz CT molecular complexity index is 169. The fraction of sp³-hybridized carbons (Fsp3) is 0.857. The summed E-state index contributed by atoms with van der Waals surface area (Å²) in [5, 5.41) is 3.18. The van der Waals surface area contributed by atoms with Crippen molar-refractivity contribution in [2.45, 2.75) is 37.8 Å². The molecule has 0 aromatic heterocycles. The van der Waals surface area contributed by atoms with E-state index in [2.05, 4.69) is 10.3 Å². The first-order valence-electron chi connectivity index (χ1n) is 3.96. The molecule has 0 radical (unpaired) electrons. The molecule has 1 aliphatic carbocycles. The molecule has 0 spiro atoms. The summed E-state index contributed by atoms with van der Waals surface area (Å²) >= 11 is 0. The van der Waals surface area contributed by atoms with Gasteiger partial charge < -0.3 is 11.1 Å². The van der Waals surface area contributed by atoms with Gasteiger partial charge in [-0.2, -0.15) is 0 Å². The number of aliphatic imine (C=N–C) groups is 1. The van der Waals surface area contributed by atoms with Gasteiger partial charge in [-0.3, -0.25) is 0 Å². The normalized spacial score (nSPS) is 38.2. The van der Waals surface area contributed by atoms with E-state index in [0.717, 1.165) is 0 Å². The fourth-order valence-electron chi connectivity index (χ4n) is 1.84. The van der Waals surface area contributed by atoms with Crippen LogP contribution in [-0.2, 0) is 0 Å². The van der Waals surface area contributed by atoms with Crippen molar-refractivity contribution in [2.24, 2.45) is 10.7 Å². The molecule has 0 aromatic carbocycles. The van der Waals surface area contributed by atoms with E-state index in [1.165, 1.54) is 25.7 Å². The van der Waals surface area contributed by atoms with Gasteiger partial charge in [-0.25, -0.2) is 4.99 Å². The van der Waals surface area contributed by atoms with Crippen molar-refractivity contribution in [1.82, 2.24) is 5.32 Å². The highest BCUT2D eigenvalue weighted by atomic mass is 15.2. The number of rotatable bonds is 0. The molecule has 2 rings (SSSR count). The molecule has 1 heterocycles. The first-order valence-corrected chi connectivity index (χ1v) is 3.96. The van der Waals surface area contributed by atoms with Gasteiger partial charge in [0.15, 0.2) is 5.96 Å². The smallest absolute Gasteiger partial charge is 0.189 e. The van der Waals surface area contributed by atoms with Gasteiger partial charge in [-0.1, -0.05) is 12.8 Å². The number of nitrogens with two attached hydrogens (primary N) is 1. The lowest BCUT2D eigenvalue weighted by Gasteiger charge is -2.22. The maximum atomic E-state index is 5.53. The molecule has 10 heavy (non-hydrogen) atoms. The zero-order chi connectivity index (χ0) is 6.97. The highest BCUT2D eigenvalue weighted by Crippen LogP contribution is 2.23. The second kappa shape index (κ2) is 2.15. The van der Waals surface area contributed by atoms with Gasteiger partial charge in [0.2, 0.25) is 0 Å². The molecule has 3 nitrogen and oxygen atoms in total. The van der Waals surface area contributed by atoms with Gasteiger partial charge in [-0.15, -0.1) is 0 Å². The molecule has 0 aromatic rings. The summed E-state index contributed by atoms with van der Waals surface area (Å²) in [7, 11) is 0. The van der Waals surface area contributed by atoms with Crippen LogP contribution in [0.1, 0.15) is 27.1 Å². The average Bonchev–Trinajstić information content (AvgIpc) is 2.27. The molecule has 2 aliphatic rings. The Hall–Kier alpha value is -0.730. The van der Waals surface area contributed by atoms with Crippen molar-refractivity contribution in [3.8, 4) is 0 Å². The Morgan fingerprint density at radius 2 is 2.30 bits per heavy atom. The van der Waals surface area contributed by atoms with Crippen molar-refractivity contribution < 1.29 is 1.43 Å². The van der Waals surface area contributed by atoms with Gasteiger partial charge >= 0.3 is 0 Å². The van der Waals surface area contributed by atoms with Crippen molar-refractivity contribution in [3.05, 3.63) is 0 Å². The monoisotopic (exact) mass is 141 g/mol. The molecule has 1 fully saturated rings. The predicted molar refractivity (Wildman–Crippen MR) is 42.9 cm³/mol. The number of hydrogen-bond donors (Lipinski definition) is 2. The van der Waals surface area contributed by atoms with Crippen LogP contribution in [-0.4, -0.2) is 18.0 Å². The third-order valence-corrected chi connectivity index (χ3v) is 2.37. The maximum absolute atomic E-state index is 5.53. The van der Waals surface area contributed by atoms with Gasteiger partial charge in [-0.05, 0) is 12.8 Å². The molecule has 1 saturated carbocycles. The summed E-state index contributed by atoms with van der Waals surface area (Å²) < 4.78 is 0. The van der Waals surface area contributed by atoms with Crippen LogP contribution >= 0.6 is 0 Å². The number of guanidine groups is 1. The predicted octanol–water partition coefficient (Wildman–Crippen LogP) is 0.461. The first-order chi connectivity index (χ1) is 4.86. The van der Waals surface area contributed by atoms with Gasteiger partial charge in [0.25, 0.3) is 0 Å². The van der Waals surface area contributed by atoms with Crippen LogP contribution in [0.15, 0.2) is 4.99 Å². The zero-order valence-electron chi connectivity index (χ0n) is 6.01. The van der Waals surface area contributed by atoms with E-state index >= 15 is 0 Å². The lowest BCUT2D eigenvalue weighted by molar-refractivity contribution is 0.384. The molecule has 2 unspecified atom stereocenters. The Balaban J connectivity index is 0.000000605. The van der Waals surface area contributed by atoms with Crippen LogP contribution in [0.25, 0.3) is 0 Å². The van der Waals surface area contributed by atoms with E-state index in [-0.39, 0.29) is 1.43 Å². The summed E-state index contributed by atoms with van der Waals surface area (Å²) in [4.78, 5) is 4.29. The van der Waals surface area contributed by atoms with Crippen molar-refractivity contribution >= 4 is 5.96 Å². The summed E-state index contributed by atoms with van der Waals surface area (Å²) in [5.41, 5.74) is 5.53. The number of nitrogens with one attached hydrogen (secondary N) is 1. The fourth-order valence-corrected chi connectivity index (χ4v) is 1.84. The highest BCUT2D eigenvalue weighted by Gasteiger charge is 2.29. The third-order valence-electron chi connectivity index (χ3n) is 2.37. The van der Waals surface area contributed by atoms with E-state index < -0.39 is 0 Å². The molecule has 3 N–H and O–H groups in total. The van der Waals surface area contributed by atoms with Crippen LogP contribution in [0.5, 0.6) is 0 Å². The second-order valence-electron chi connectivity index (χ2n) is 3.12. The largest absolute Gasteiger partial charge is 0.370 e. The average molecular weight is 141 g/mol. The highest BCUT2D eigenvalue weighted by molar-refractivity contribution is 5.80.